The number of nitro benzene ring substituents is 1. The number of aromatic nitrogens is 2. The Kier molecular flexibility index (Phi) is 4.58. The van der Waals surface area contributed by atoms with Crippen LogP contribution in [0, 0.1) is 10.1 Å². The van der Waals surface area contributed by atoms with Gasteiger partial charge in [-0.15, -0.1) is 0 Å². The number of carbonyl (C=O) groups is 2. The lowest BCUT2D eigenvalue weighted by Crippen LogP contribution is -1.96. The lowest BCUT2D eigenvalue weighted by molar-refractivity contribution is -0.383. The van der Waals surface area contributed by atoms with Crippen molar-refractivity contribution in [3.05, 3.63) is 76.1 Å². The van der Waals surface area contributed by atoms with E-state index in [1.807, 2.05) is 18.2 Å². The highest BCUT2D eigenvalue weighted by Crippen LogP contribution is 2.28. The summed E-state index contributed by atoms with van der Waals surface area (Å²) in [5.74, 6) is -2.08. The van der Waals surface area contributed by atoms with Crippen LogP contribution in [0.1, 0.15) is 20.7 Å². The van der Waals surface area contributed by atoms with E-state index in [9.17, 15) is 19.7 Å². The fraction of sp³-hybridized carbons (Fsp3) is 0. The molecule has 2 aromatic heterocycles. The highest BCUT2D eigenvalue weighted by molar-refractivity contribution is 6.07. The summed E-state index contributed by atoms with van der Waals surface area (Å²) in [6, 6.07) is 11.7. The standard InChI is InChI=1S/C9H6N2O4.C9H7NO2/c12-9(13)5-4-10-6-2-1-3-7(8(5)6)11(14)15;11-9(12)7-5-10-8-4-2-1-3-6(7)8/h1-4,10H,(H,12,13);1-5,10H,(H,11,12). The average Bonchev–Trinajstić information content (AvgIpc) is 3.26. The molecule has 9 nitrogen and oxygen atoms in total. The molecule has 4 aromatic rings. The minimum Gasteiger partial charge on any atom is -0.478 e. The van der Waals surface area contributed by atoms with Crippen molar-refractivity contribution in [2.75, 3.05) is 0 Å². The van der Waals surface area contributed by atoms with E-state index in [4.69, 9.17) is 10.2 Å². The zero-order chi connectivity index (χ0) is 19.6. The first kappa shape index (κ1) is 17.7. The van der Waals surface area contributed by atoms with Crippen molar-refractivity contribution in [1.82, 2.24) is 9.97 Å². The Labute approximate surface area is 151 Å². The molecule has 27 heavy (non-hydrogen) atoms. The minimum atomic E-state index is -1.18. The molecule has 4 rings (SSSR count). The summed E-state index contributed by atoms with van der Waals surface area (Å²) in [5, 5.41) is 29.2. The number of carboxylic acids is 2. The average molecular weight is 367 g/mol. The van der Waals surface area contributed by atoms with Gasteiger partial charge in [-0.25, -0.2) is 9.59 Å². The summed E-state index contributed by atoms with van der Waals surface area (Å²) >= 11 is 0. The molecule has 0 saturated heterocycles. The van der Waals surface area contributed by atoms with Gasteiger partial charge in [0.2, 0.25) is 0 Å². The Balaban J connectivity index is 0.000000159. The molecule has 0 radical (unpaired) electrons. The molecule has 0 aliphatic heterocycles. The van der Waals surface area contributed by atoms with Crippen molar-refractivity contribution in [2.24, 2.45) is 0 Å². The Hall–Kier alpha value is -4.14. The van der Waals surface area contributed by atoms with Crippen LogP contribution < -0.4 is 0 Å². The van der Waals surface area contributed by atoms with E-state index >= 15 is 0 Å². The summed E-state index contributed by atoms with van der Waals surface area (Å²) in [5.41, 5.74) is 1.34. The Morgan fingerprint density at radius 1 is 0.852 bits per heavy atom. The zero-order valence-corrected chi connectivity index (χ0v) is 13.7. The van der Waals surface area contributed by atoms with Gasteiger partial charge in [-0.3, -0.25) is 10.1 Å². The van der Waals surface area contributed by atoms with Crippen LogP contribution in [0.4, 0.5) is 5.69 Å². The Bertz CT molecular complexity index is 1170. The number of hydrogen-bond acceptors (Lipinski definition) is 4. The van der Waals surface area contributed by atoms with Crippen molar-refractivity contribution in [3.63, 3.8) is 0 Å². The van der Waals surface area contributed by atoms with E-state index in [0.717, 1.165) is 10.9 Å². The molecule has 2 heterocycles. The minimum absolute atomic E-state index is 0.0858. The van der Waals surface area contributed by atoms with Gasteiger partial charge in [0.05, 0.1) is 27.0 Å². The predicted octanol–water partition coefficient (Wildman–Crippen LogP) is 3.64. The fourth-order valence-electron chi connectivity index (χ4n) is 2.73. The van der Waals surface area contributed by atoms with Crippen LogP contribution in [0.25, 0.3) is 21.8 Å². The van der Waals surface area contributed by atoms with E-state index in [-0.39, 0.29) is 16.6 Å². The van der Waals surface area contributed by atoms with E-state index in [0.29, 0.717) is 11.1 Å². The maximum atomic E-state index is 10.8. The van der Waals surface area contributed by atoms with E-state index in [2.05, 4.69) is 9.97 Å². The molecule has 0 fully saturated rings. The van der Waals surface area contributed by atoms with E-state index < -0.39 is 16.9 Å². The number of nitro groups is 1. The number of nitrogens with one attached hydrogen (secondary N) is 2. The van der Waals surface area contributed by atoms with Crippen LogP contribution in [0.15, 0.2) is 54.9 Å². The number of nitrogens with zero attached hydrogens (tertiary/aromatic N) is 1. The Morgan fingerprint density at radius 3 is 2.11 bits per heavy atom. The van der Waals surface area contributed by atoms with Crippen LogP contribution >= 0.6 is 0 Å². The molecule has 0 bridgehead atoms. The Morgan fingerprint density at radius 2 is 1.44 bits per heavy atom. The molecule has 0 unspecified atom stereocenters. The summed E-state index contributed by atoms with van der Waals surface area (Å²) in [7, 11) is 0. The smallest absolute Gasteiger partial charge is 0.338 e. The second-order valence-corrected chi connectivity index (χ2v) is 5.52. The molecule has 0 saturated carbocycles. The number of para-hydroxylation sites is 1. The molecule has 0 amide bonds. The highest BCUT2D eigenvalue weighted by Gasteiger charge is 2.19. The first-order chi connectivity index (χ1) is 12.9. The second-order valence-electron chi connectivity index (χ2n) is 5.52. The number of H-pyrrole nitrogens is 2. The highest BCUT2D eigenvalue weighted by atomic mass is 16.6. The SMILES string of the molecule is O=C(O)c1c[nH]c2cccc([N+](=O)[O-])c12.O=C(O)c1c[nH]c2ccccc12. The van der Waals surface area contributed by atoms with Crippen molar-refractivity contribution < 1.29 is 24.7 Å². The number of carboxylic acid groups (broad SMARTS) is 2. The molecule has 2 aromatic carbocycles. The quantitative estimate of drug-likeness (QED) is 0.321. The number of non-ortho nitro benzene ring substituents is 1. The lowest BCUT2D eigenvalue weighted by Gasteiger charge is -1.95. The predicted molar refractivity (Wildman–Crippen MR) is 97.2 cm³/mol. The summed E-state index contributed by atoms with van der Waals surface area (Å²) in [6.45, 7) is 0. The van der Waals surface area contributed by atoms with Gasteiger partial charge in [-0.1, -0.05) is 24.3 Å². The van der Waals surface area contributed by atoms with Crippen LogP contribution in [0.5, 0.6) is 0 Å². The molecular weight excluding hydrogens is 354 g/mol. The van der Waals surface area contributed by atoms with Crippen LogP contribution in [-0.4, -0.2) is 37.0 Å². The van der Waals surface area contributed by atoms with Gasteiger partial charge in [0.25, 0.3) is 5.69 Å². The van der Waals surface area contributed by atoms with E-state index in [1.165, 1.54) is 24.5 Å². The summed E-state index contributed by atoms with van der Waals surface area (Å²) < 4.78 is 0. The third-order valence-corrected chi connectivity index (χ3v) is 3.93. The normalized spacial score (nSPS) is 10.4. The molecule has 9 heteroatoms. The van der Waals surface area contributed by atoms with Gasteiger partial charge in [-0.05, 0) is 12.1 Å². The van der Waals surface area contributed by atoms with Crippen LogP contribution in [0.2, 0.25) is 0 Å². The van der Waals surface area contributed by atoms with Gasteiger partial charge in [0.1, 0.15) is 0 Å². The number of hydrogen-bond donors (Lipinski definition) is 4. The summed E-state index contributed by atoms with van der Waals surface area (Å²) in [4.78, 5) is 37.1. The molecule has 0 spiro atoms. The van der Waals surface area contributed by atoms with Crippen LogP contribution in [-0.2, 0) is 0 Å². The van der Waals surface area contributed by atoms with Crippen molar-refractivity contribution in [3.8, 4) is 0 Å². The molecule has 4 N–H and O–H groups in total. The maximum absolute atomic E-state index is 10.8. The van der Waals surface area contributed by atoms with Gasteiger partial charge >= 0.3 is 11.9 Å². The number of fused-ring (bicyclic) bond motifs is 2. The molecular formula is C18H13N3O6. The number of benzene rings is 2. The number of aromatic carboxylic acids is 2. The first-order valence-electron chi connectivity index (χ1n) is 7.67. The number of rotatable bonds is 3. The monoisotopic (exact) mass is 367 g/mol. The van der Waals surface area contributed by atoms with Crippen molar-refractivity contribution >= 4 is 39.4 Å². The van der Waals surface area contributed by atoms with Gasteiger partial charge in [0.15, 0.2) is 0 Å². The maximum Gasteiger partial charge on any atom is 0.338 e. The van der Waals surface area contributed by atoms with Crippen LogP contribution in [0.3, 0.4) is 0 Å². The first-order valence-corrected chi connectivity index (χ1v) is 7.67. The van der Waals surface area contributed by atoms with Gasteiger partial charge in [0, 0.05) is 29.4 Å². The molecule has 0 aliphatic rings. The summed E-state index contributed by atoms with van der Waals surface area (Å²) in [6.07, 6.45) is 2.76. The van der Waals surface area contributed by atoms with Crippen molar-refractivity contribution in [2.45, 2.75) is 0 Å². The topological polar surface area (TPSA) is 149 Å². The van der Waals surface area contributed by atoms with Gasteiger partial charge in [-0.2, -0.15) is 0 Å². The van der Waals surface area contributed by atoms with E-state index in [1.54, 1.807) is 12.1 Å². The third-order valence-electron chi connectivity index (χ3n) is 3.93. The van der Waals surface area contributed by atoms with Crippen molar-refractivity contribution in [1.29, 1.82) is 0 Å². The third kappa shape index (κ3) is 3.33. The fourth-order valence-corrected chi connectivity index (χ4v) is 2.73. The number of aromatic amines is 2. The zero-order valence-electron chi connectivity index (χ0n) is 13.7. The molecule has 0 atom stereocenters. The second kappa shape index (κ2) is 7.00. The molecule has 0 aliphatic carbocycles. The largest absolute Gasteiger partial charge is 0.478 e. The van der Waals surface area contributed by atoms with Gasteiger partial charge < -0.3 is 20.2 Å². The molecule has 136 valence electrons. The lowest BCUT2D eigenvalue weighted by atomic mass is 10.1.